The standard InChI is InChI=1S/C54H66O6/c1-7-13-19-55-49-31-37-25-43-44(26-38(37)32-50(49)56-20-14-8-2)46-28-40-34-52(58-22-16-10-4)54(60-24-18-12-6)36-42(40)30-48(46)47-29-41-35-53(59-23-17-11-5)51(57-21-15-9-3)33-39(41)27-45(43)47/h25-36H,7-24H2,1-6H3. The minimum absolute atomic E-state index is 0.661. The van der Waals surface area contributed by atoms with Crippen LogP contribution in [0.15, 0.2) is 72.8 Å². The Morgan fingerprint density at radius 3 is 0.517 bits per heavy atom. The third-order valence-electron chi connectivity index (χ3n) is 11.5. The molecule has 0 saturated heterocycles. The number of fused-ring (bicyclic) bond motifs is 9. The van der Waals surface area contributed by atoms with Crippen molar-refractivity contribution < 1.29 is 28.4 Å². The van der Waals surface area contributed by atoms with Crippen LogP contribution < -0.4 is 28.4 Å². The fourth-order valence-corrected chi connectivity index (χ4v) is 7.90. The highest BCUT2D eigenvalue weighted by Crippen LogP contribution is 2.45. The van der Waals surface area contributed by atoms with Gasteiger partial charge in [-0.25, -0.2) is 0 Å². The number of hydrogen-bond donors (Lipinski definition) is 0. The highest BCUT2D eigenvalue weighted by Gasteiger charge is 2.18. The van der Waals surface area contributed by atoms with Crippen LogP contribution in [0.4, 0.5) is 0 Å². The molecule has 0 N–H and O–H groups in total. The molecule has 0 aromatic heterocycles. The van der Waals surface area contributed by atoms with Crippen molar-refractivity contribution in [3.8, 4) is 34.5 Å². The fraction of sp³-hybridized carbons (Fsp3) is 0.444. The minimum atomic E-state index is 0.661. The van der Waals surface area contributed by atoms with Gasteiger partial charge in [-0.2, -0.15) is 0 Å². The number of unbranched alkanes of at least 4 members (excludes halogenated alkanes) is 6. The molecule has 7 rings (SSSR count). The summed E-state index contributed by atoms with van der Waals surface area (Å²) in [5.41, 5.74) is 0. The molecule has 0 atom stereocenters. The van der Waals surface area contributed by atoms with Crippen molar-refractivity contribution in [2.24, 2.45) is 0 Å². The average Bonchev–Trinajstić information content (AvgIpc) is 3.25. The lowest BCUT2D eigenvalue weighted by molar-refractivity contribution is 0.262. The third-order valence-corrected chi connectivity index (χ3v) is 11.5. The van der Waals surface area contributed by atoms with E-state index in [0.717, 1.165) is 144 Å². The van der Waals surface area contributed by atoms with Gasteiger partial charge < -0.3 is 28.4 Å². The number of hydrogen-bond acceptors (Lipinski definition) is 6. The largest absolute Gasteiger partial charge is 0.490 e. The zero-order valence-corrected chi connectivity index (χ0v) is 37.1. The third kappa shape index (κ3) is 9.75. The number of benzene rings is 7. The van der Waals surface area contributed by atoms with Crippen molar-refractivity contribution >= 4 is 64.6 Å². The van der Waals surface area contributed by atoms with Gasteiger partial charge in [-0.05, 0) is 176 Å². The summed E-state index contributed by atoms with van der Waals surface area (Å²) in [5.74, 6) is 4.86. The Labute approximate surface area is 357 Å². The normalized spacial score (nSPS) is 11.7. The van der Waals surface area contributed by atoms with Crippen molar-refractivity contribution in [1.82, 2.24) is 0 Å². The Morgan fingerprint density at radius 1 is 0.233 bits per heavy atom. The van der Waals surface area contributed by atoms with Gasteiger partial charge >= 0.3 is 0 Å². The van der Waals surface area contributed by atoms with Crippen LogP contribution in [0.25, 0.3) is 64.6 Å². The minimum Gasteiger partial charge on any atom is -0.490 e. The van der Waals surface area contributed by atoms with E-state index in [-0.39, 0.29) is 0 Å². The molecule has 7 aromatic carbocycles. The van der Waals surface area contributed by atoms with Gasteiger partial charge in [-0.15, -0.1) is 0 Å². The maximum Gasteiger partial charge on any atom is 0.161 e. The Hall–Kier alpha value is -5.10. The van der Waals surface area contributed by atoms with Crippen molar-refractivity contribution in [3.05, 3.63) is 72.8 Å². The average molecular weight is 811 g/mol. The molecule has 0 bridgehead atoms. The smallest absolute Gasteiger partial charge is 0.161 e. The van der Waals surface area contributed by atoms with E-state index in [9.17, 15) is 0 Å². The maximum atomic E-state index is 6.41. The Balaban J connectivity index is 1.51. The molecule has 0 aliphatic heterocycles. The second kappa shape index (κ2) is 20.9. The Morgan fingerprint density at radius 2 is 0.383 bits per heavy atom. The monoisotopic (exact) mass is 810 g/mol. The lowest BCUT2D eigenvalue weighted by Gasteiger charge is -2.18. The molecule has 318 valence electrons. The molecule has 0 unspecified atom stereocenters. The summed E-state index contributed by atoms with van der Waals surface area (Å²) in [5, 5.41) is 13.9. The van der Waals surface area contributed by atoms with E-state index in [1.165, 1.54) is 32.3 Å². The first-order valence-electron chi connectivity index (χ1n) is 23.1. The Kier molecular flexibility index (Phi) is 15.0. The van der Waals surface area contributed by atoms with Gasteiger partial charge in [-0.1, -0.05) is 80.1 Å². The molecular weight excluding hydrogens is 745 g/mol. The second-order valence-electron chi connectivity index (χ2n) is 16.3. The molecule has 0 fully saturated rings. The van der Waals surface area contributed by atoms with Gasteiger partial charge in [0.2, 0.25) is 0 Å². The van der Waals surface area contributed by atoms with Gasteiger partial charge in [0.15, 0.2) is 34.5 Å². The lowest BCUT2D eigenvalue weighted by Crippen LogP contribution is -2.02. The molecule has 6 heteroatoms. The summed E-state index contributed by atoms with van der Waals surface area (Å²) < 4.78 is 38.4. The topological polar surface area (TPSA) is 55.4 Å². The van der Waals surface area contributed by atoms with Crippen molar-refractivity contribution in [1.29, 1.82) is 0 Å². The van der Waals surface area contributed by atoms with E-state index in [1.807, 2.05) is 0 Å². The van der Waals surface area contributed by atoms with Gasteiger partial charge in [0, 0.05) is 0 Å². The number of ether oxygens (including phenoxy) is 6. The molecule has 0 aliphatic carbocycles. The number of rotatable bonds is 24. The van der Waals surface area contributed by atoms with Crippen LogP contribution in [-0.2, 0) is 0 Å². The molecule has 0 spiro atoms. The van der Waals surface area contributed by atoms with Crippen LogP contribution in [0, 0.1) is 0 Å². The van der Waals surface area contributed by atoms with E-state index in [4.69, 9.17) is 28.4 Å². The van der Waals surface area contributed by atoms with E-state index < -0.39 is 0 Å². The fourth-order valence-electron chi connectivity index (χ4n) is 7.90. The molecule has 0 amide bonds. The Bertz CT molecular complexity index is 2060. The maximum absolute atomic E-state index is 6.41. The van der Waals surface area contributed by atoms with E-state index in [0.29, 0.717) is 39.6 Å². The summed E-state index contributed by atoms with van der Waals surface area (Å²) in [7, 11) is 0. The van der Waals surface area contributed by atoms with Crippen molar-refractivity contribution in [2.75, 3.05) is 39.6 Å². The summed E-state index contributed by atoms with van der Waals surface area (Å²) in [6.45, 7) is 17.1. The van der Waals surface area contributed by atoms with Crippen LogP contribution in [0.3, 0.4) is 0 Å². The van der Waals surface area contributed by atoms with E-state index in [2.05, 4.69) is 114 Å². The van der Waals surface area contributed by atoms with Gasteiger partial charge in [0.25, 0.3) is 0 Å². The van der Waals surface area contributed by atoms with E-state index >= 15 is 0 Å². The van der Waals surface area contributed by atoms with Crippen LogP contribution >= 0.6 is 0 Å². The lowest BCUT2D eigenvalue weighted by atomic mass is 9.89. The van der Waals surface area contributed by atoms with Crippen molar-refractivity contribution in [2.45, 2.75) is 119 Å². The highest BCUT2D eigenvalue weighted by atomic mass is 16.5. The molecular formula is C54H66O6. The van der Waals surface area contributed by atoms with Gasteiger partial charge in [0.1, 0.15) is 0 Å². The first kappa shape index (κ1) is 43.0. The SMILES string of the molecule is CCCCOc1cc2cc3c4cc5cc(OCCCC)c(OCCCC)cc5cc4c4cc5cc(OCCCC)c(OCCCC)cc5cc4c3cc2cc1OCCCC. The second-order valence-corrected chi connectivity index (χ2v) is 16.3. The molecule has 6 nitrogen and oxygen atoms in total. The molecule has 0 aliphatic rings. The quantitative estimate of drug-likeness (QED) is 0.0344. The molecule has 0 heterocycles. The molecule has 0 saturated carbocycles. The van der Waals surface area contributed by atoms with Gasteiger partial charge in [0.05, 0.1) is 39.6 Å². The zero-order valence-electron chi connectivity index (χ0n) is 37.1. The molecule has 60 heavy (non-hydrogen) atoms. The highest BCUT2D eigenvalue weighted by molar-refractivity contribution is 6.30. The predicted molar refractivity (Wildman–Crippen MR) is 254 cm³/mol. The summed E-state index contributed by atoms with van der Waals surface area (Å²) in [4.78, 5) is 0. The van der Waals surface area contributed by atoms with Crippen LogP contribution in [0.5, 0.6) is 34.5 Å². The molecule has 0 radical (unpaired) electrons. The predicted octanol–water partition coefficient (Wildman–Crippen LogP) is 15.7. The zero-order chi connectivity index (χ0) is 41.8. The first-order valence-corrected chi connectivity index (χ1v) is 23.1. The van der Waals surface area contributed by atoms with Crippen LogP contribution in [0.1, 0.15) is 119 Å². The summed E-state index contributed by atoms with van der Waals surface area (Å²) >= 11 is 0. The van der Waals surface area contributed by atoms with E-state index in [1.54, 1.807) is 0 Å². The first-order chi connectivity index (χ1) is 29.5. The molecule has 7 aromatic rings. The van der Waals surface area contributed by atoms with Crippen LogP contribution in [0.2, 0.25) is 0 Å². The summed E-state index contributed by atoms with van der Waals surface area (Å²) in [6.07, 6.45) is 12.4. The van der Waals surface area contributed by atoms with Gasteiger partial charge in [-0.3, -0.25) is 0 Å². The van der Waals surface area contributed by atoms with Crippen molar-refractivity contribution in [3.63, 3.8) is 0 Å². The summed E-state index contributed by atoms with van der Waals surface area (Å²) in [6, 6.07) is 27.2. The van der Waals surface area contributed by atoms with Crippen LogP contribution in [-0.4, -0.2) is 39.6 Å².